The lowest BCUT2D eigenvalue weighted by atomic mass is 9.77. The van der Waals surface area contributed by atoms with Gasteiger partial charge in [-0.2, -0.15) is 0 Å². The molecule has 1 saturated carbocycles. The molecule has 3 unspecified atom stereocenters. The third kappa shape index (κ3) is 4.04. The molecule has 0 radical (unpaired) electrons. The Morgan fingerprint density at radius 3 is 2.71 bits per heavy atom. The van der Waals surface area contributed by atoms with Crippen LogP contribution in [0.25, 0.3) is 11.4 Å². The summed E-state index contributed by atoms with van der Waals surface area (Å²) in [7, 11) is 0. The Labute approximate surface area is 189 Å². The van der Waals surface area contributed by atoms with Crippen molar-refractivity contribution in [2.75, 3.05) is 6.54 Å². The van der Waals surface area contributed by atoms with Crippen LogP contribution >= 0.6 is 15.9 Å². The Morgan fingerprint density at radius 2 is 1.97 bits per heavy atom. The molecule has 6 rings (SSSR count). The molecule has 3 aromatic heterocycles. The zero-order valence-corrected chi connectivity index (χ0v) is 18.7. The fourth-order valence-corrected chi connectivity index (χ4v) is 4.79. The first-order chi connectivity index (χ1) is 15.1. The van der Waals surface area contributed by atoms with Crippen LogP contribution in [0.4, 0.5) is 0 Å². The van der Waals surface area contributed by atoms with E-state index in [1.54, 1.807) is 24.7 Å². The van der Waals surface area contributed by atoms with Gasteiger partial charge in [-0.05, 0) is 72.3 Å². The Balaban J connectivity index is 1.44. The zero-order chi connectivity index (χ0) is 21.4. The molecule has 7 nitrogen and oxygen atoms in total. The normalized spacial score (nSPS) is 22.4. The summed E-state index contributed by atoms with van der Waals surface area (Å²) in [4.78, 5) is 33.3. The number of ether oxygens (including phenoxy) is 1. The Kier molecular flexibility index (Phi) is 5.40. The summed E-state index contributed by atoms with van der Waals surface area (Å²) >= 11 is 3.40. The Bertz CT molecular complexity index is 1090. The van der Waals surface area contributed by atoms with Crippen LogP contribution < -0.4 is 4.74 Å². The standard InChI is InChI=1S/C23H22BrN5O2/c1-14-3-6-17(22-25-9-2-10-26-22)21(28-14)23(30)29-13-15-4-7-18(29)19(11-15)31-20-8-5-16(24)12-27-20/h2-3,5-6,8-10,12,15,18-19H,4,7,11,13H2,1H3. The highest BCUT2D eigenvalue weighted by molar-refractivity contribution is 9.10. The predicted molar refractivity (Wildman–Crippen MR) is 119 cm³/mol. The highest BCUT2D eigenvalue weighted by Gasteiger charge is 2.45. The van der Waals surface area contributed by atoms with Gasteiger partial charge in [0.15, 0.2) is 5.82 Å². The first kappa shape index (κ1) is 20.1. The fraction of sp³-hybridized carbons (Fsp3) is 0.348. The first-order valence-electron chi connectivity index (χ1n) is 10.4. The minimum atomic E-state index is -0.0853. The van der Waals surface area contributed by atoms with Gasteiger partial charge in [-0.1, -0.05) is 0 Å². The number of carbonyl (C=O) groups excluding carboxylic acids is 1. The number of piperidine rings is 2. The van der Waals surface area contributed by atoms with Gasteiger partial charge in [-0.15, -0.1) is 0 Å². The van der Waals surface area contributed by atoms with E-state index in [1.807, 2.05) is 36.1 Å². The molecule has 2 saturated heterocycles. The lowest BCUT2D eigenvalue weighted by Gasteiger charge is -2.49. The van der Waals surface area contributed by atoms with E-state index in [4.69, 9.17) is 4.74 Å². The molecule has 1 amide bonds. The minimum Gasteiger partial charge on any atom is -0.472 e. The van der Waals surface area contributed by atoms with Crippen LogP contribution in [-0.2, 0) is 0 Å². The number of hydrogen-bond acceptors (Lipinski definition) is 6. The molecule has 158 valence electrons. The second-order valence-corrected chi connectivity index (χ2v) is 9.01. The van der Waals surface area contributed by atoms with Crippen LogP contribution in [0.1, 0.15) is 35.4 Å². The van der Waals surface area contributed by atoms with Crippen molar-refractivity contribution in [3.8, 4) is 17.3 Å². The molecule has 3 aliphatic rings. The van der Waals surface area contributed by atoms with E-state index in [1.165, 1.54) is 0 Å². The molecular weight excluding hydrogens is 458 g/mol. The van der Waals surface area contributed by atoms with Crippen molar-refractivity contribution in [2.24, 2.45) is 5.92 Å². The number of hydrogen-bond donors (Lipinski definition) is 0. The zero-order valence-electron chi connectivity index (χ0n) is 17.1. The van der Waals surface area contributed by atoms with Crippen LogP contribution in [0.15, 0.2) is 53.4 Å². The van der Waals surface area contributed by atoms with Gasteiger partial charge in [-0.25, -0.2) is 19.9 Å². The summed E-state index contributed by atoms with van der Waals surface area (Å²) in [5.41, 5.74) is 1.85. The van der Waals surface area contributed by atoms with Gasteiger partial charge < -0.3 is 9.64 Å². The van der Waals surface area contributed by atoms with Crippen LogP contribution in [0.5, 0.6) is 5.88 Å². The summed E-state index contributed by atoms with van der Waals surface area (Å²) in [6.07, 6.45) is 7.96. The molecule has 1 aliphatic carbocycles. The molecule has 2 bridgehead atoms. The highest BCUT2D eigenvalue weighted by atomic mass is 79.9. The van der Waals surface area contributed by atoms with Gasteiger partial charge in [0.05, 0.1) is 11.6 Å². The predicted octanol–water partition coefficient (Wildman–Crippen LogP) is 4.08. The topological polar surface area (TPSA) is 81.1 Å². The number of amides is 1. The number of aryl methyl sites for hydroxylation is 1. The van der Waals surface area contributed by atoms with E-state index in [0.717, 1.165) is 36.0 Å². The third-order valence-corrected chi connectivity index (χ3v) is 6.47. The van der Waals surface area contributed by atoms with Crippen LogP contribution in [0.3, 0.4) is 0 Å². The molecule has 3 atom stereocenters. The first-order valence-corrected chi connectivity index (χ1v) is 11.2. The maximum atomic E-state index is 13.7. The number of carbonyl (C=O) groups is 1. The number of aromatic nitrogens is 4. The average Bonchev–Trinajstić information content (AvgIpc) is 2.81. The Morgan fingerprint density at radius 1 is 1.13 bits per heavy atom. The van der Waals surface area contributed by atoms with Crippen LogP contribution in [0.2, 0.25) is 0 Å². The fourth-order valence-electron chi connectivity index (χ4n) is 4.55. The van der Waals surface area contributed by atoms with E-state index in [2.05, 4.69) is 35.9 Å². The molecule has 3 aromatic rings. The highest BCUT2D eigenvalue weighted by Crippen LogP contribution is 2.38. The number of pyridine rings is 2. The quantitative estimate of drug-likeness (QED) is 0.560. The smallest absolute Gasteiger partial charge is 0.273 e. The lowest BCUT2D eigenvalue weighted by molar-refractivity contribution is -0.0315. The van der Waals surface area contributed by atoms with Crippen LogP contribution in [-0.4, -0.2) is 49.4 Å². The molecule has 3 fully saturated rings. The van der Waals surface area contributed by atoms with E-state index in [9.17, 15) is 4.79 Å². The van der Waals surface area contributed by atoms with Gasteiger partial charge in [0.1, 0.15) is 11.8 Å². The molecule has 5 heterocycles. The maximum absolute atomic E-state index is 13.7. The van der Waals surface area contributed by atoms with Crippen molar-refractivity contribution >= 4 is 21.8 Å². The molecule has 31 heavy (non-hydrogen) atoms. The van der Waals surface area contributed by atoms with E-state index in [-0.39, 0.29) is 18.1 Å². The molecule has 0 spiro atoms. The number of halogens is 1. The van der Waals surface area contributed by atoms with Gasteiger partial charge >= 0.3 is 0 Å². The molecule has 8 heteroatoms. The minimum absolute atomic E-state index is 0.00481. The third-order valence-electron chi connectivity index (χ3n) is 6.00. The number of rotatable bonds is 4. The monoisotopic (exact) mass is 479 g/mol. The van der Waals surface area contributed by atoms with Gasteiger partial charge in [0.25, 0.3) is 5.91 Å². The summed E-state index contributed by atoms with van der Waals surface area (Å²) in [6.45, 7) is 2.61. The molecule has 0 aromatic carbocycles. The molecule has 0 N–H and O–H groups in total. The van der Waals surface area contributed by atoms with Crippen molar-refractivity contribution in [1.29, 1.82) is 0 Å². The summed E-state index contributed by atoms with van der Waals surface area (Å²) in [6, 6.07) is 9.28. The average molecular weight is 480 g/mol. The van der Waals surface area contributed by atoms with Crippen molar-refractivity contribution < 1.29 is 9.53 Å². The van der Waals surface area contributed by atoms with Gasteiger partial charge in [0.2, 0.25) is 5.88 Å². The number of nitrogens with zero attached hydrogens (tertiary/aromatic N) is 5. The Hall–Kier alpha value is -2.87. The number of fused-ring (bicyclic) bond motifs is 3. The van der Waals surface area contributed by atoms with Gasteiger partial charge in [-0.3, -0.25) is 4.79 Å². The van der Waals surface area contributed by atoms with E-state index in [0.29, 0.717) is 28.9 Å². The molecule has 2 aliphatic heterocycles. The lowest BCUT2D eigenvalue weighted by Crippen LogP contribution is -2.59. The van der Waals surface area contributed by atoms with Gasteiger partial charge in [0, 0.05) is 41.4 Å². The second-order valence-electron chi connectivity index (χ2n) is 8.10. The molecular formula is C23H22BrN5O2. The van der Waals surface area contributed by atoms with Crippen molar-refractivity contribution in [3.63, 3.8) is 0 Å². The van der Waals surface area contributed by atoms with Crippen molar-refractivity contribution in [3.05, 3.63) is 64.8 Å². The summed E-state index contributed by atoms with van der Waals surface area (Å²) in [5, 5.41) is 0. The SMILES string of the molecule is Cc1ccc(-c2ncccn2)c(C(=O)N2CC3CCC2C(Oc2ccc(Br)cn2)C3)n1. The second kappa shape index (κ2) is 8.34. The van der Waals surface area contributed by atoms with Crippen molar-refractivity contribution in [1.82, 2.24) is 24.8 Å². The van der Waals surface area contributed by atoms with Crippen LogP contribution in [0, 0.1) is 12.8 Å². The van der Waals surface area contributed by atoms with E-state index >= 15 is 0 Å². The van der Waals surface area contributed by atoms with E-state index < -0.39 is 0 Å². The summed E-state index contributed by atoms with van der Waals surface area (Å²) < 4.78 is 7.13. The largest absolute Gasteiger partial charge is 0.472 e. The maximum Gasteiger partial charge on any atom is 0.273 e. The van der Waals surface area contributed by atoms with Crippen molar-refractivity contribution in [2.45, 2.75) is 38.3 Å². The summed E-state index contributed by atoms with van der Waals surface area (Å²) in [5.74, 6) is 1.42.